The van der Waals surface area contributed by atoms with E-state index in [1.807, 2.05) is 23.1 Å². The minimum Gasteiger partial charge on any atom is -0.338 e. The van der Waals surface area contributed by atoms with E-state index in [4.69, 9.17) is 5.73 Å². The number of para-hydroxylation sites is 1. The standard InChI is InChI=1S/C18H24N4O2/c1-13-5-4-9-22(16(13)11-19)17(23)8-10-21-12-20-15-7-3-2-6-14(15)18(21)24/h2-3,6-7,12-13,16H,4-5,8-11,19H2,1H3/t13-,16-/m0/s1. The molecule has 24 heavy (non-hydrogen) atoms. The van der Waals surface area contributed by atoms with Crippen molar-refractivity contribution in [2.24, 2.45) is 11.7 Å². The summed E-state index contributed by atoms with van der Waals surface area (Å²) in [6, 6.07) is 7.36. The Balaban J connectivity index is 1.72. The van der Waals surface area contributed by atoms with Gasteiger partial charge in [-0.25, -0.2) is 4.98 Å². The van der Waals surface area contributed by atoms with Crippen LogP contribution in [-0.2, 0) is 11.3 Å². The molecule has 0 aliphatic carbocycles. The van der Waals surface area contributed by atoms with Crippen molar-refractivity contribution in [3.63, 3.8) is 0 Å². The number of likely N-dealkylation sites (tertiary alicyclic amines) is 1. The summed E-state index contributed by atoms with van der Waals surface area (Å²) in [5.41, 5.74) is 6.43. The van der Waals surface area contributed by atoms with Gasteiger partial charge in [-0.15, -0.1) is 0 Å². The molecule has 1 saturated heterocycles. The van der Waals surface area contributed by atoms with Crippen LogP contribution in [0.4, 0.5) is 0 Å². The second kappa shape index (κ2) is 7.13. The molecular formula is C18H24N4O2. The Labute approximate surface area is 141 Å². The lowest BCUT2D eigenvalue weighted by atomic mass is 9.90. The van der Waals surface area contributed by atoms with E-state index in [1.165, 1.54) is 10.9 Å². The summed E-state index contributed by atoms with van der Waals surface area (Å²) in [5, 5.41) is 0.582. The maximum Gasteiger partial charge on any atom is 0.261 e. The number of nitrogens with two attached hydrogens (primary N) is 1. The number of hydrogen-bond acceptors (Lipinski definition) is 4. The molecule has 0 radical (unpaired) electrons. The van der Waals surface area contributed by atoms with Crippen molar-refractivity contribution < 1.29 is 4.79 Å². The Kier molecular flexibility index (Phi) is 4.94. The Morgan fingerprint density at radius 1 is 1.38 bits per heavy atom. The predicted molar refractivity (Wildman–Crippen MR) is 93.6 cm³/mol. The van der Waals surface area contributed by atoms with Crippen LogP contribution in [0.25, 0.3) is 10.9 Å². The topological polar surface area (TPSA) is 81.2 Å². The highest BCUT2D eigenvalue weighted by molar-refractivity contribution is 5.78. The molecule has 1 fully saturated rings. The fourth-order valence-electron chi connectivity index (χ4n) is 3.54. The number of nitrogens with zero attached hydrogens (tertiary/aromatic N) is 3. The maximum atomic E-state index is 12.6. The van der Waals surface area contributed by atoms with E-state index in [0.29, 0.717) is 36.3 Å². The minimum absolute atomic E-state index is 0.0667. The zero-order valence-corrected chi connectivity index (χ0v) is 14.0. The summed E-state index contributed by atoms with van der Waals surface area (Å²) in [4.78, 5) is 31.3. The van der Waals surface area contributed by atoms with Gasteiger partial charge >= 0.3 is 0 Å². The SMILES string of the molecule is C[C@H]1CCCN(C(=O)CCn2cnc3ccccc3c2=O)[C@H]1CN. The molecule has 6 heteroatoms. The number of hydrogen-bond donors (Lipinski definition) is 1. The van der Waals surface area contributed by atoms with Crippen LogP contribution >= 0.6 is 0 Å². The number of carbonyl (C=O) groups excluding carboxylic acids is 1. The number of aryl methyl sites for hydroxylation is 1. The molecule has 0 bridgehead atoms. The van der Waals surface area contributed by atoms with Crippen LogP contribution < -0.4 is 11.3 Å². The van der Waals surface area contributed by atoms with Gasteiger partial charge in [-0.2, -0.15) is 0 Å². The van der Waals surface area contributed by atoms with Crippen molar-refractivity contribution in [1.82, 2.24) is 14.5 Å². The van der Waals surface area contributed by atoms with Crippen LogP contribution in [-0.4, -0.2) is 39.5 Å². The summed E-state index contributed by atoms with van der Waals surface area (Å²) in [6.07, 6.45) is 3.95. The summed E-state index contributed by atoms with van der Waals surface area (Å²) >= 11 is 0. The van der Waals surface area contributed by atoms with Crippen LogP contribution in [0.2, 0.25) is 0 Å². The van der Waals surface area contributed by atoms with Crippen LogP contribution in [0.1, 0.15) is 26.2 Å². The second-order valence-electron chi connectivity index (χ2n) is 6.52. The van der Waals surface area contributed by atoms with E-state index >= 15 is 0 Å². The summed E-state index contributed by atoms with van der Waals surface area (Å²) < 4.78 is 1.52. The first-order chi connectivity index (χ1) is 11.6. The van der Waals surface area contributed by atoms with Gasteiger partial charge in [-0.1, -0.05) is 19.1 Å². The van der Waals surface area contributed by atoms with Crippen molar-refractivity contribution >= 4 is 16.8 Å². The lowest BCUT2D eigenvalue weighted by Gasteiger charge is -2.39. The van der Waals surface area contributed by atoms with Crippen molar-refractivity contribution in [3.8, 4) is 0 Å². The Morgan fingerprint density at radius 2 is 2.17 bits per heavy atom. The lowest BCUT2D eigenvalue weighted by Crippen LogP contribution is -2.51. The fourth-order valence-corrected chi connectivity index (χ4v) is 3.54. The lowest BCUT2D eigenvalue weighted by molar-refractivity contribution is -0.136. The van der Waals surface area contributed by atoms with Gasteiger partial charge in [0.25, 0.3) is 5.56 Å². The first kappa shape index (κ1) is 16.6. The smallest absolute Gasteiger partial charge is 0.261 e. The highest BCUT2D eigenvalue weighted by atomic mass is 16.2. The van der Waals surface area contributed by atoms with Crippen molar-refractivity contribution in [1.29, 1.82) is 0 Å². The largest absolute Gasteiger partial charge is 0.338 e. The molecule has 128 valence electrons. The number of fused-ring (bicyclic) bond motifs is 1. The molecule has 2 aromatic rings. The summed E-state index contributed by atoms with van der Waals surface area (Å²) in [6.45, 7) is 3.74. The van der Waals surface area contributed by atoms with Gasteiger partial charge < -0.3 is 10.6 Å². The molecule has 1 aromatic carbocycles. The molecule has 2 N–H and O–H groups in total. The molecule has 3 rings (SSSR count). The van der Waals surface area contributed by atoms with Gasteiger partial charge in [0, 0.05) is 32.1 Å². The molecule has 1 aliphatic heterocycles. The normalized spacial score (nSPS) is 21.2. The summed E-state index contributed by atoms with van der Waals surface area (Å²) in [7, 11) is 0. The van der Waals surface area contributed by atoms with Gasteiger partial charge in [0.1, 0.15) is 0 Å². The predicted octanol–water partition coefficient (Wildman–Crippen LogP) is 1.37. The molecule has 1 amide bonds. The van der Waals surface area contributed by atoms with Crippen LogP contribution in [0, 0.1) is 5.92 Å². The van der Waals surface area contributed by atoms with Crippen molar-refractivity contribution in [2.45, 2.75) is 38.8 Å². The zero-order valence-electron chi connectivity index (χ0n) is 14.0. The van der Waals surface area contributed by atoms with Gasteiger partial charge in [0.15, 0.2) is 0 Å². The third-order valence-electron chi connectivity index (χ3n) is 4.98. The van der Waals surface area contributed by atoms with E-state index in [0.717, 1.165) is 19.4 Å². The monoisotopic (exact) mass is 328 g/mol. The molecular weight excluding hydrogens is 304 g/mol. The molecule has 0 unspecified atom stereocenters. The molecule has 2 heterocycles. The third-order valence-corrected chi connectivity index (χ3v) is 4.98. The Bertz CT molecular complexity index is 786. The molecule has 0 saturated carbocycles. The molecule has 1 aromatic heterocycles. The van der Waals surface area contributed by atoms with Crippen molar-refractivity contribution in [2.75, 3.05) is 13.1 Å². The van der Waals surface area contributed by atoms with Gasteiger partial charge in [-0.05, 0) is 30.9 Å². The second-order valence-corrected chi connectivity index (χ2v) is 6.52. The number of rotatable bonds is 4. The quantitative estimate of drug-likeness (QED) is 0.919. The maximum absolute atomic E-state index is 12.6. The average molecular weight is 328 g/mol. The molecule has 0 spiro atoms. The van der Waals surface area contributed by atoms with E-state index in [-0.39, 0.29) is 17.5 Å². The van der Waals surface area contributed by atoms with E-state index in [2.05, 4.69) is 11.9 Å². The zero-order chi connectivity index (χ0) is 17.1. The Morgan fingerprint density at radius 3 is 2.96 bits per heavy atom. The Hall–Kier alpha value is -2.21. The van der Waals surface area contributed by atoms with Gasteiger partial charge in [0.05, 0.1) is 17.2 Å². The number of amides is 1. The van der Waals surface area contributed by atoms with Gasteiger partial charge in [0.2, 0.25) is 5.91 Å². The van der Waals surface area contributed by atoms with Crippen LogP contribution in [0.15, 0.2) is 35.4 Å². The first-order valence-corrected chi connectivity index (χ1v) is 8.55. The summed E-state index contributed by atoms with van der Waals surface area (Å²) in [5.74, 6) is 0.495. The minimum atomic E-state index is -0.101. The molecule has 1 aliphatic rings. The van der Waals surface area contributed by atoms with Crippen molar-refractivity contribution in [3.05, 3.63) is 40.9 Å². The van der Waals surface area contributed by atoms with Gasteiger partial charge in [-0.3, -0.25) is 14.2 Å². The van der Waals surface area contributed by atoms with E-state index < -0.39 is 0 Å². The molecule has 6 nitrogen and oxygen atoms in total. The highest BCUT2D eigenvalue weighted by Crippen LogP contribution is 2.23. The number of piperidine rings is 1. The fraction of sp³-hybridized carbons (Fsp3) is 0.500. The average Bonchev–Trinajstić information content (AvgIpc) is 2.61. The highest BCUT2D eigenvalue weighted by Gasteiger charge is 2.30. The first-order valence-electron chi connectivity index (χ1n) is 8.55. The van der Waals surface area contributed by atoms with Crippen LogP contribution in [0.3, 0.4) is 0 Å². The third kappa shape index (κ3) is 3.19. The van der Waals surface area contributed by atoms with E-state index in [9.17, 15) is 9.59 Å². The number of aromatic nitrogens is 2. The van der Waals surface area contributed by atoms with E-state index in [1.54, 1.807) is 6.07 Å². The molecule has 2 atom stereocenters. The number of benzene rings is 1. The number of carbonyl (C=O) groups is 1. The van der Waals surface area contributed by atoms with Crippen LogP contribution in [0.5, 0.6) is 0 Å².